The van der Waals surface area contributed by atoms with Crippen molar-refractivity contribution >= 4 is 10.9 Å². The number of aromatic nitrogens is 5. The molecule has 0 saturated carbocycles. The van der Waals surface area contributed by atoms with Crippen molar-refractivity contribution in [1.82, 2.24) is 25.2 Å². The second-order valence-corrected chi connectivity index (χ2v) is 5.68. The van der Waals surface area contributed by atoms with Crippen LogP contribution in [-0.2, 0) is 13.0 Å². The summed E-state index contributed by atoms with van der Waals surface area (Å²) in [4.78, 5) is 3.27. The number of benzene rings is 2. The highest BCUT2D eigenvalue weighted by Gasteiger charge is 2.15. The summed E-state index contributed by atoms with van der Waals surface area (Å²) in [5.41, 5.74) is 2.96. The molecular weight excluding hydrogens is 321 g/mol. The number of ether oxygens (including phenoxy) is 1. The van der Waals surface area contributed by atoms with Gasteiger partial charge in [-0.3, -0.25) is 0 Å². The lowest BCUT2D eigenvalue weighted by molar-refractivity contribution is 0.412. The summed E-state index contributed by atoms with van der Waals surface area (Å²) < 4.78 is 20.4. The molecular formula is C18H16FN5O. The van der Waals surface area contributed by atoms with E-state index < -0.39 is 0 Å². The Morgan fingerprint density at radius 2 is 2.08 bits per heavy atom. The topological polar surface area (TPSA) is 68.6 Å². The minimum atomic E-state index is -0.363. The Labute approximate surface area is 143 Å². The van der Waals surface area contributed by atoms with Crippen molar-refractivity contribution in [3.8, 4) is 17.1 Å². The first-order chi connectivity index (χ1) is 12.3. The summed E-state index contributed by atoms with van der Waals surface area (Å²) in [6.07, 6.45) is 2.78. The van der Waals surface area contributed by atoms with E-state index in [4.69, 9.17) is 4.74 Å². The monoisotopic (exact) mass is 337 g/mol. The van der Waals surface area contributed by atoms with Crippen molar-refractivity contribution in [3.05, 3.63) is 60.0 Å². The maximum Gasteiger partial charge on any atom is 0.185 e. The molecule has 0 spiro atoms. The number of rotatable bonds is 5. The molecule has 0 aliphatic carbocycles. The zero-order valence-corrected chi connectivity index (χ0v) is 13.6. The highest BCUT2D eigenvalue weighted by atomic mass is 19.1. The molecule has 0 fully saturated rings. The molecule has 0 aliphatic rings. The molecule has 25 heavy (non-hydrogen) atoms. The Bertz CT molecular complexity index is 1020. The number of aryl methyl sites for hydroxylation is 2. The Balaban J connectivity index is 1.62. The fourth-order valence-corrected chi connectivity index (χ4v) is 2.96. The van der Waals surface area contributed by atoms with E-state index in [0.717, 1.165) is 11.9 Å². The molecule has 7 heteroatoms. The van der Waals surface area contributed by atoms with Gasteiger partial charge < -0.3 is 9.72 Å². The number of aromatic amines is 1. The van der Waals surface area contributed by atoms with E-state index in [1.165, 1.54) is 30.2 Å². The fourth-order valence-electron chi connectivity index (χ4n) is 2.96. The second-order valence-electron chi connectivity index (χ2n) is 5.68. The van der Waals surface area contributed by atoms with Gasteiger partial charge in [0.15, 0.2) is 5.82 Å². The zero-order chi connectivity index (χ0) is 17.2. The third-order valence-corrected chi connectivity index (χ3v) is 4.20. The average molecular weight is 337 g/mol. The zero-order valence-electron chi connectivity index (χ0n) is 13.6. The molecule has 2 aromatic heterocycles. The number of para-hydroxylation sites is 1. The highest BCUT2D eigenvalue weighted by Crippen LogP contribution is 2.29. The van der Waals surface area contributed by atoms with Gasteiger partial charge in [-0.25, -0.2) is 9.07 Å². The van der Waals surface area contributed by atoms with Gasteiger partial charge in [-0.05, 0) is 40.6 Å². The van der Waals surface area contributed by atoms with Crippen LogP contribution in [0.2, 0.25) is 0 Å². The Hall–Kier alpha value is -3.22. The molecule has 0 aliphatic heterocycles. The van der Waals surface area contributed by atoms with Crippen LogP contribution in [0.4, 0.5) is 4.39 Å². The van der Waals surface area contributed by atoms with Gasteiger partial charge in [0.25, 0.3) is 0 Å². The van der Waals surface area contributed by atoms with Crippen molar-refractivity contribution < 1.29 is 9.13 Å². The number of fused-ring (bicyclic) bond motifs is 1. The fraction of sp³-hybridized carbons (Fsp3) is 0.167. The Kier molecular flexibility index (Phi) is 3.89. The quantitative estimate of drug-likeness (QED) is 0.607. The summed E-state index contributed by atoms with van der Waals surface area (Å²) in [6.45, 7) is 0.602. The van der Waals surface area contributed by atoms with Crippen molar-refractivity contribution in [3.63, 3.8) is 0 Å². The van der Waals surface area contributed by atoms with Crippen molar-refractivity contribution in [2.45, 2.75) is 13.0 Å². The van der Waals surface area contributed by atoms with E-state index in [1.807, 2.05) is 24.4 Å². The molecule has 0 saturated heterocycles. The minimum absolute atomic E-state index is 0.363. The first kappa shape index (κ1) is 15.3. The van der Waals surface area contributed by atoms with E-state index in [2.05, 4.69) is 26.6 Å². The number of nitrogens with zero attached hydrogens (tertiary/aromatic N) is 4. The van der Waals surface area contributed by atoms with E-state index in [9.17, 15) is 4.39 Å². The predicted octanol–water partition coefficient (Wildman–Crippen LogP) is 3.21. The van der Waals surface area contributed by atoms with Gasteiger partial charge in [0.2, 0.25) is 0 Å². The molecule has 6 nitrogen and oxygen atoms in total. The lowest BCUT2D eigenvalue weighted by atomic mass is 10.1. The predicted molar refractivity (Wildman–Crippen MR) is 91.8 cm³/mol. The summed E-state index contributed by atoms with van der Waals surface area (Å²) in [5.74, 6) is 0.596. The minimum Gasteiger partial charge on any atom is -0.496 e. The van der Waals surface area contributed by atoms with Crippen LogP contribution in [0.15, 0.2) is 48.7 Å². The van der Waals surface area contributed by atoms with Crippen molar-refractivity contribution in [2.24, 2.45) is 0 Å². The number of nitrogens with one attached hydrogen (secondary N) is 1. The van der Waals surface area contributed by atoms with E-state index in [-0.39, 0.29) is 5.82 Å². The first-order valence-electron chi connectivity index (χ1n) is 7.91. The SMILES string of the molecule is COc1cc(F)ccc1-c1nnnn1CCc1c[nH]c2ccccc12. The maximum atomic E-state index is 13.4. The molecule has 0 unspecified atom stereocenters. The van der Waals surface area contributed by atoms with E-state index in [1.54, 1.807) is 10.7 Å². The average Bonchev–Trinajstić information content (AvgIpc) is 3.26. The maximum absolute atomic E-state index is 13.4. The summed E-state index contributed by atoms with van der Waals surface area (Å²) >= 11 is 0. The van der Waals surface area contributed by atoms with Crippen LogP contribution < -0.4 is 4.74 Å². The van der Waals surface area contributed by atoms with Crippen LogP contribution in [0.3, 0.4) is 0 Å². The number of methoxy groups -OCH3 is 1. The third-order valence-electron chi connectivity index (χ3n) is 4.20. The van der Waals surface area contributed by atoms with Crippen LogP contribution in [0.5, 0.6) is 5.75 Å². The van der Waals surface area contributed by atoms with Crippen LogP contribution in [0, 0.1) is 5.82 Å². The molecule has 0 amide bonds. The Morgan fingerprint density at radius 3 is 2.96 bits per heavy atom. The molecule has 0 atom stereocenters. The number of halogens is 1. The molecule has 2 heterocycles. The summed E-state index contributed by atoms with van der Waals surface area (Å²) in [7, 11) is 1.50. The molecule has 2 aromatic carbocycles. The van der Waals surface area contributed by atoms with Crippen molar-refractivity contribution in [2.75, 3.05) is 7.11 Å². The van der Waals surface area contributed by atoms with Gasteiger partial charge in [-0.15, -0.1) is 5.10 Å². The van der Waals surface area contributed by atoms with Gasteiger partial charge in [0, 0.05) is 29.7 Å². The number of hydrogen-bond donors (Lipinski definition) is 1. The number of H-pyrrole nitrogens is 1. The highest BCUT2D eigenvalue weighted by molar-refractivity contribution is 5.83. The summed E-state index contributed by atoms with van der Waals surface area (Å²) in [5, 5.41) is 13.1. The smallest absolute Gasteiger partial charge is 0.185 e. The first-order valence-corrected chi connectivity index (χ1v) is 7.91. The molecule has 4 aromatic rings. The molecule has 4 rings (SSSR count). The van der Waals surface area contributed by atoms with Gasteiger partial charge in [0.1, 0.15) is 11.6 Å². The third kappa shape index (κ3) is 2.84. The largest absolute Gasteiger partial charge is 0.496 e. The van der Waals surface area contributed by atoms with Crippen LogP contribution in [-0.4, -0.2) is 32.3 Å². The lowest BCUT2D eigenvalue weighted by Gasteiger charge is -2.09. The van der Waals surface area contributed by atoms with Crippen molar-refractivity contribution in [1.29, 1.82) is 0 Å². The van der Waals surface area contributed by atoms with Crippen LogP contribution in [0.1, 0.15) is 5.56 Å². The summed E-state index contributed by atoms with van der Waals surface area (Å²) in [6, 6.07) is 12.5. The lowest BCUT2D eigenvalue weighted by Crippen LogP contribution is -2.06. The van der Waals surface area contributed by atoms with Gasteiger partial charge in [-0.1, -0.05) is 18.2 Å². The molecule has 0 radical (unpaired) electrons. The van der Waals surface area contributed by atoms with E-state index in [0.29, 0.717) is 23.7 Å². The molecule has 1 N–H and O–H groups in total. The van der Waals surface area contributed by atoms with Crippen LogP contribution in [0.25, 0.3) is 22.3 Å². The normalized spacial score (nSPS) is 11.1. The van der Waals surface area contributed by atoms with Gasteiger partial charge >= 0.3 is 0 Å². The molecule has 0 bridgehead atoms. The Morgan fingerprint density at radius 1 is 1.20 bits per heavy atom. The molecule has 126 valence electrons. The van der Waals surface area contributed by atoms with Gasteiger partial charge in [-0.2, -0.15) is 0 Å². The van der Waals surface area contributed by atoms with E-state index >= 15 is 0 Å². The van der Waals surface area contributed by atoms with Gasteiger partial charge in [0.05, 0.1) is 12.7 Å². The van der Waals surface area contributed by atoms with Crippen LogP contribution >= 0.6 is 0 Å². The number of tetrazole rings is 1. The second kappa shape index (κ2) is 6.35. The number of hydrogen-bond acceptors (Lipinski definition) is 4. The standard InChI is InChI=1S/C18H16FN5O/c1-25-17-10-13(19)6-7-15(17)18-21-22-23-24(18)9-8-12-11-20-16-5-3-2-4-14(12)16/h2-7,10-11,20H,8-9H2,1H3.